The predicted octanol–water partition coefficient (Wildman–Crippen LogP) is 3.96. The van der Waals surface area contributed by atoms with Gasteiger partial charge in [0.05, 0.1) is 21.9 Å². The van der Waals surface area contributed by atoms with E-state index < -0.39 is 4.92 Å². The summed E-state index contributed by atoms with van der Waals surface area (Å²) in [5, 5.41) is 16.9. The fourth-order valence-corrected chi connectivity index (χ4v) is 2.73. The molecule has 1 heterocycles. The molecule has 2 aromatic rings. The van der Waals surface area contributed by atoms with Crippen molar-refractivity contribution in [1.29, 1.82) is 0 Å². The van der Waals surface area contributed by atoms with Gasteiger partial charge in [-0.3, -0.25) is 14.9 Å². The summed E-state index contributed by atoms with van der Waals surface area (Å²) in [6.45, 7) is 3.62. The zero-order valence-electron chi connectivity index (χ0n) is 14.0. The van der Waals surface area contributed by atoms with E-state index in [4.69, 9.17) is 0 Å². The second kappa shape index (κ2) is 6.68. The van der Waals surface area contributed by atoms with Crippen LogP contribution in [0.5, 0.6) is 0 Å². The minimum absolute atomic E-state index is 0.0665. The van der Waals surface area contributed by atoms with Crippen LogP contribution in [0.4, 0.5) is 11.4 Å². The van der Waals surface area contributed by atoms with Crippen LogP contribution in [0.25, 0.3) is 6.08 Å². The normalized spacial score (nSPS) is 15.6. The maximum absolute atomic E-state index is 12.7. The van der Waals surface area contributed by atoms with E-state index in [9.17, 15) is 14.9 Å². The first-order valence-electron chi connectivity index (χ1n) is 7.95. The third-order valence-electron chi connectivity index (χ3n) is 4.06. The molecule has 0 bridgehead atoms. The largest absolute Gasteiger partial charge is 0.280 e. The van der Waals surface area contributed by atoms with E-state index >= 15 is 0 Å². The van der Waals surface area contributed by atoms with Crippen LogP contribution in [0.15, 0.2) is 59.2 Å². The van der Waals surface area contributed by atoms with E-state index in [2.05, 4.69) is 5.10 Å². The maximum Gasteiger partial charge on any atom is 0.280 e. The van der Waals surface area contributed by atoms with Gasteiger partial charge in [-0.25, -0.2) is 0 Å². The van der Waals surface area contributed by atoms with Crippen molar-refractivity contribution >= 4 is 29.1 Å². The lowest BCUT2D eigenvalue weighted by Gasteiger charge is -2.11. The quantitative estimate of drug-likeness (QED) is 0.482. The lowest BCUT2D eigenvalue weighted by Crippen LogP contribution is -2.21. The predicted molar refractivity (Wildman–Crippen MR) is 97.5 cm³/mol. The summed E-state index contributed by atoms with van der Waals surface area (Å²) in [5.41, 5.74) is 3.04. The van der Waals surface area contributed by atoms with E-state index in [1.54, 1.807) is 37.3 Å². The molecule has 0 radical (unpaired) electrons. The lowest BCUT2D eigenvalue weighted by molar-refractivity contribution is -0.385. The second-order valence-corrected chi connectivity index (χ2v) is 5.69. The van der Waals surface area contributed by atoms with Crippen molar-refractivity contribution in [1.82, 2.24) is 0 Å². The highest BCUT2D eigenvalue weighted by Gasteiger charge is 2.28. The van der Waals surface area contributed by atoms with Gasteiger partial charge in [0.2, 0.25) is 0 Å². The zero-order chi connectivity index (χ0) is 18.0. The molecule has 6 nitrogen and oxygen atoms in total. The maximum atomic E-state index is 12.7. The number of hydrogen-bond acceptors (Lipinski definition) is 4. The van der Waals surface area contributed by atoms with Gasteiger partial charge in [0, 0.05) is 11.6 Å². The van der Waals surface area contributed by atoms with Gasteiger partial charge in [-0.2, -0.15) is 10.1 Å². The molecule has 0 aliphatic carbocycles. The van der Waals surface area contributed by atoms with Gasteiger partial charge in [0.15, 0.2) is 0 Å². The van der Waals surface area contributed by atoms with Gasteiger partial charge in [-0.1, -0.05) is 37.3 Å². The second-order valence-electron chi connectivity index (χ2n) is 5.69. The summed E-state index contributed by atoms with van der Waals surface area (Å²) in [5.74, 6) is -0.245. The molecule has 1 aliphatic rings. The Labute approximate surface area is 145 Å². The number of rotatable bonds is 4. The van der Waals surface area contributed by atoms with E-state index in [-0.39, 0.29) is 11.6 Å². The first-order chi connectivity index (χ1) is 12.0. The van der Waals surface area contributed by atoms with Gasteiger partial charge in [-0.15, -0.1) is 0 Å². The Morgan fingerprint density at radius 3 is 2.56 bits per heavy atom. The number of benzene rings is 2. The Balaban J connectivity index is 1.97. The Morgan fingerprint density at radius 1 is 1.20 bits per heavy atom. The number of carbonyl (C=O) groups excluding carboxylic acids is 1. The molecule has 1 amide bonds. The van der Waals surface area contributed by atoms with Gasteiger partial charge in [-0.05, 0) is 37.1 Å². The number of anilines is 1. The monoisotopic (exact) mass is 335 g/mol. The zero-order valence-corrected chi connectivity index (χ0v) is 14.0. The first kappa shape index (κ1) is 16.6. The Kier molecular flexibility index (Phi) is 4.43. The van der Waals surface area contributed by atoms with Crippen molar-refractivity contribution in [2.24, 2.45) is 5.10 Å². The fraction of sp³-hybridized carbons (Fsp3) is 0.158. The highest BCUT2D eigenvalue weighted by atomic mass is 16.6. The van der Waals surface area contributed by atoms with Gasteiger partial charge in [0.1, 0.15) is 0 Å². The lowest BCUT2D eigenvalue weighted by atomic mass is 10.0. The van der Waals surface area contributed by atoms with Crippen molar-refractivity contribution in [2.45, 2.75) is 20.3 Å². The Hall–Kier alpha value is -3.28. The molecule has 2 aromatic carbocycles. The molecule has 0 saturated heterocycles. The van der Waals surface area contributed by atoms with Crippen molar-refractivity contribution in [3.63, 3.8) is 0 Å². The van der Waals surface area contributed by atoms with Crippen LogP contribution in [-0.4, -0.2) is 16.5 Å². The molecule has 6 heteroatoms. The Morgan fingerprint density at radius 2 is 1.92 bits per heavy atom. The third kappa shape index (κ3) is 3.19. The minimum Gasteiger partial charge on any atom is -0.267 e. The molecule has 0 atom stereocenters. The smallest absolute Gasteiger partial charge is 0.267 e. The summed E-state index contributed by atoms with van der Waals surface area (Å²) < 4.78 is 0. The Bertz CT molecular complexity index is 901. The number of carbonyl (C=O) groups is 1. The third-order valence-corrected chi connectivity index (χ3v) is 4.06. The van der Waals surface area contributed by atoms with Gasteiger partial charge < -0.3 is 0 Å². The highest BCUT2D eigenvalue weighted by Crippen LogP contribution is 2.27. The molecule has 0 saturated carbocycles. The van der Waals surface area contributed by atoms with Crippen LogP contribution >= 0.6 is 0 Å². The number of nitro groups is 1. The molecule has 3 rings (SSSR count). The minimum atomic E-state index is -0.394. The number of para-hydroxylation sites is 1. The highest BCUT2D eigenvalue weighted by molar-refractivity contribution is 6.32. The number of nitro benzene ring substituents is 1. The van der Waals surface area contributed by atoms with Crippen molar-refractivity contribution in [3.05, 3.63) is 75.3 Å². The first-order valence-corrected chi connectivity index (χ1v) is 7.95. The number of nitrogens with zero attached hydrogens (tertiary/aromatic N) is 3. The van der Waals surface area contributed by atoms with E-state index in [0.717, 1.165) is 0 Å². The van der Waals surface area contributed by atoms with Crippen molar-refractivity contribution < 1.29 is 9.72 Å². The standard InChI is InChI=1S/C19H17N3O3/c1-3-15-10-9-14(12-18(15)22(24)25)11-17-13(2)20-21(19(17)23)16-7-5-4-6-8-16/h4-12H,3H2,1-2H3/b17-11-. The van der Waals surface area contributed by atoms with Crippen LogP contribution in [0.2, 0.25) is 0 Å². The molecule has 1 aliphatic heterocycles. The molecule has 0 aromatic heterocycles. The fourth-order valence-electron chi connectivity index (χ4n) is 2.73. The van der Waals surface area contributed by atoms with Crippen LogP contribution in [-0.2, 0) is 11.2 Å². The van der Waals surface area contributed by atoms with Crippen LogP contribution in [0.1, 0.15) is 25.0 Å². The van der Waals surface area contributed by atoms with Crippen molar-refractivity contribution in [2.75, 3.05) is 5.01 Å². The van der Waals surface area contributed by atoms with Crippen LogP contribution in [0, 0.1) is 10.1 Å². The average Bonchev–Trinajstić information content (AvgIpc) is 2.90. The molecule has 126 valence electrons. The number of hydrazone groups is 1. The molecule has 0 spiro atoms. The summed E-state index contributed by atoms with van der Waals surface area (Å²) in [6.07, 6.45) is 2.23. The van der Waals surface area contributed by atoms with E-state index in [1.165, 1.54) is 11.1 Å². The molecule has 0 fully saturated rings. The summed E-state index contributed by atoms with van der Waals surface area (Å²) in [6, 6.07) is 14.2. The van der Waals surface area contributed by atoms with Crippen LogP contribution in [0.3, 0.4) is 0 Å². The molecule has 0 N–H and O–H groups in total. The number of aryl methyl sites for hydroxylation is 1. The van der Waals surface area contributed by atoms with Crippen molar-refractivity contribution in [3.8, 4) is 0 Å². The molecule has 25 heavy (non-hydrogen) atoms. The topological polar surface area (TPSA) is 75.8 Å². The SMILES string of the molecule is CCc1ccc(/C=C2\C(=O)N(c3ccccc3)N=C2C)cc1[N+](=O)[O-]. The van der Waals surface area contributed by atoms with Gasteiger partial charge >= 0.3 is 0 Å². The summed E-state index contributed by atoms with van der Waals surface area (Å²) >= 11 is 0. The van der Waals surface area contributed by atoms with Crippen LogP contribution < -0.4 is 5.01 Å². The molecular weight excluding hydrogens is 318 g/mol. The number of hydrogen-bond donors (Lipinski definition) is 0. The molecule has 0 unspecified atom stereocenters. The van der Waals surface area contributed by atoms with E-state index in [0.29, 0.717) is 34.5 Å². The molecular formula is C19H17N3O3. The summed E-state index contributed by atoms with van der Waals surface area (Å²) in [7, 11) is 0. The number of amides is 1. The van der Waals surface area contributed by atoms with E-state index in [1.807, 2.05) is 25.1 Å². The average molecular weight is 335 g/mol. The van der Waals surface area contributed by atoms with Gasteiger partial charge in [0.25, 0.3) is 11.6 Å². The summed E-state index contributed by atoms with van der Waals surface area (Å²) in [4.78, 5) is 23.5.